The number of aryl methyl sites for hydroxylation is 1. The van der Waals surface area contributed by atoms with Crippen LogP contribution in [0.15, 0.2) is 18.3 Å². The zero-order valence-corrected chi connectivity index (χ0v) is 8.44. The zero-order chi connectivity index (χ0) is 10.1. The van der Waals surface area contributed by atoms with E-state index in [9.17, 15) is 0 Å². The Labute approximate surface area is 82.8 Å². The maximum atomic E-state index is 5.62. The zero-order valence-electron chi connectivity index (χ0n) is 8.44. The van der Waals surface area contributed by atoms with E-state index in [-0.39, 0.29) is 5.92 Å². The highest BCUT2D eigenvalue weighted by Crippen LogP contribution is 2.17. The average Bonchev–Trinajstić information content (AvgIpc) is 2.56. The Hall–Kier alpha value is -1.42. The van der Waals surface area contributed by atoms with Crippen LogP contribution in [0.2, 0.25) is 0 Å². The predicted octanol–water partition coefficient (Wildman–Crippen LogP) is 1.03. The van der Waals surface area contributed by atoms with E-state index in [0.29, 0.717) is 6.54 Å². The lowest BCUT2D eigenvalue weighted by Gasteiger charge is -2.07. The fourth-order valence-corrected chi connectivity index (χ4v) is 1.59. The number of fused-ring (bicyclic) bond motifs is 1. The topological polar surface area (TPSA) is 56.7 Å². The van der Waals surface area contributed by atoms with Gasteiger partial charge in [-0.05, 0) is 12.1 Å². The predicted molar refractivity (Wildman–Crippen MR) is 56.0 cm³/mol. The molecule has 0 saturated carbocycles. The number of rotatable bonds is 2. The van der Waals surface area contributed by atoms with Crippen LogP contribution in [0.4, 0.5) is 0 Å². The first-order valence-electron chi connectivity index (χ1n) is 4.71. The van der Waals surface area contributed by atoms with Crippen LogP contribution in [0.3, 0.4) is 0 Å². The minimum atomic E-state index is 0.272. The Morgan fingerprint density at radius 1 is 1.57 bits per heavy atom. The third-order valence-corrected chi connectivity index (χ3v) is 2.49. The highest BCUT2D eigenvalue weighted by Gasteiger charge is 2.12. The van der Waals surface area contributed by atoms with Gasteiger partial charge in [0, 0.05) is 25.7 Å². The summed E-state index contributed by atoms with van der Waals surface area (Å²) in [6.45, 7) is 2.68. The van der Waals surface area contributed by atoms with Gasteiger partial charge in [0.2, 0.25) is 0 Å². The standard InChI is InChI=1S/C10H14N4/c1-7(6-11)10-13-9-8(14(10)2)4-3-5-12-9/h3-5,7H,6,11H2,1-2H3. The first-order chi connectivity index (χ1) is 6.74. The number of hydrogen-bond donors (Lipinski definition) is 1. The monoisotopic (exact) mass is 190 g/mol. The lowest BCUT2D eigenvalue weighted by molar-refractivity contribution is 0.676. The average molecular weight is 190 g/mol. The van der Waals surface area contributed by atoms with Crippen LogP contribution in [-0.2, 0) is 7.05 Å². The highest BCUT2D eigenvalue weighted by atomic mass is 15.1. The lowest BCUT2D eigenvalue weighted by Crippen LogP contribution is -2.13. The first kappa shape index (κ1) is 9.15. The largest absolute Gasteiger partial charge is 0.330 e. The molecule has 0 bridgehead atoms. The van der Waals surface area contributed by atoms with Crippen LogP contribution in [0.1, 0.15) is 18.7 Å². The Bertz CT molecular complexity index is 446. The molecule has 0 aliphatic rings. The van der Waals surface area contributed by atoms with Gasteiger partial charge in [-0.25, -0.2) is 9.97 Å². The van der Waals surface area contributed by atoms with Crippen molar-refractivity contribution in [3.63, 3.8) is 0 Å². The molecule has 14 heavy (non-hydrogen) atoms. The van der Waals surface area contributed by atoms with E-state index in [1.165, 1.54) is 0 Å². The fraction of sp³-hybridized carbons (Fsp3) is 0.400. The van der Waals surface area contributed by atoms with Gasteiger partial charge in [0.15, 0.2) is 5.65 Å². The second kappa shape index (κ2) is 3.38. The molecule has 0 aliphatic heterocycles. The summed E-state index contributed by atoms with van der Waals surface area (Å²) in [6.07, 6.45) is 1.76. The summed E-state index contributed by atoms with van der Waals surface area (Å²) >= 11 is 0. The minimum absolute atomic E-state index is 0.272. The third kappa shape index (κ3) is 1.28. The molecule has 0 fully saturated rings. The molecule has 0 amide bonds. The van der Waals surface area contributed by atoms with E-state index in [1.54, 1.807) is 6.20 Å². The molecule has 2 aromatic heterocycles. The van der Waals surface area contributed by atoms with Crippen molar-refractivity contribution in [2.75, 3.05) is 6.54 Å². The van der Waals surface area contributed by atoms with Crippen molar-refractivity contribution in [3.8, 4) is 0 Å². The van der Waals surface area contributed by atoms with E-state index in [2.05, 4.69) is 21.5 Å². The SMILES string of the molecule is CC(CN)c1nc2ncccc2n1C. The molecular weight excluding hydrogens is 176 g/mol. The van der Waals surface area contributed by atoms with Gasteiger partial charge in [-0.15, -0.1) is 0 Å². The normalized spacial score (nSPS) is 13.4. The summed E-state index contributed by atoms with van der Waals surface area (Å²) in [6, 6.07) is 3.93. The summed E-state index contributed by atoms with van der Waals surface area (Å²) in [5.74, 6) is 1.27. The molecule has 0 aromatic carbocycles. The highest BCUT2D eigenvalue weighted by molar-refractivity contribution is 5.71. The van der Waals surface area contributed by atoms with E-state index >= 15 is 0 Å². The quantitative estimate of drug-likeness (QED) is 0.769. The molecule has 74 valence electrons. The molecule has 4 nitrogen and oxygen atoms in total. The number of aromatic nitrogens is 3. The van der Waals surface area contributed by atoms with Crippen molar-refractivity contribution in [3.05, 3.63) is 24.2 Å². The Kier molecular flexibility index (Phi) is 2.21. The van der Waals surface area contributed by atoms with Crippen molar-refractivity contribution >= 4 is 11.2 Å². The summed E-state index contributed by atoms with van der Waals surface area (Å²) < 4.78 is 2.06. The van der Waals surface area contributed by atoms with Gasteiger partial charge in [0.25, 0.3) is 0 Å². The lowest BCUT2D eigenvalue weighted by atomic mass is 10.2. The molecule has 0 spiro atoms. The second-order valence-corrected chi connectivity index (χ2v) is 3.51. The molecule has 2 N–H and O–H groups in total. The van der Waals surface area contributed by atoms with Gasteiger partial charge < -0.3 is 10.3 Å². The van der Waals surface area contributed by atoms with E-state index in [4.69, 9.17) is 5.73 Å². The molecule has 1 atom stereocenters. The first-order valence-corrected chi connectivity index (χ1v) is 4.71. The maximum absolute atomic E-state index is 5.62. The van der Waals surface area contributed by atoms with Crippen molar-refractivity contribution in [2.24, 2.45) is 12.8 Å². The van der Waals surface area contributed by atoms with Crippen LogP contribution in [0.25, 0.3) is 11.2 Å². The molecule has 1 unspecified atom stereocenters. The van der Waals surface area contributed by atoms with Crippen LogP contribution in [0, 0.1) is 0 Å². The van der Waals surface area contributed by atoms with Crippen molar-refractivity contribution in [1.82, 2.24) is 14.5 Å². The van der Waals surface area contributed by atoms with E-state index < -0.39 is 0 Å². The van der Waals surface area contributed by atoms with Crippen LogP contribution in [-0.4, -0.2) is 21.1 Å². The summed E-state index contributed by atoms with van der Waals surface area (Å²) in [7, 11) is 2.00. The van der Waals surface area contributed by atoms with Crippen LogP contribution >= 0.6 is 0 Å². The maximum Gasteiger partial charge on any atom is 0.177 e. The number of nitrogens with two attached hydrogens (primary N) is 1. The fourth-order valence-electron chi connectivity index (χ4n) is 1.59. The van der Waals surface area contributed by atoms with Gasteiger partial charge >= 0.3 is 0 Å². The van der Waals surface area contributed by atoms with Gasteiger partial charge in [-0.1, -0.05) is 6.92 Å². The summed E-state index contributed by atoms with van der Waals surface area (Å²) in [5, 5.41) is 0. The van der Waals surface area contributed by atoms with E-state index in [1.807, 2.05) is 19.2 Å². The Morgan fingerprint density at radius 2 is 2.36 bits per heavy atom. The van der Waals surface area contributed by atoms with Crippen LogP contribution in [0.5, 0.6) is 0 Å². The number of pyridine rings is 1. The Morgan fingerprint density at radius 3 is 3.00 bits per heavy atom. The van der Waals surface area contributed by atoms with Crippen molar-refractivity contribution < 1.29 is 0 Å². The number of nitrogens with zero attached hydrogens (tertiary/aromatic N) is 3. The molecule has 0 saturated heterocycles. The van der Waals surface area contributed by atoms with Crippen molar-refractivity contribution in [2.45, 2.75) is 12.8 Å². The molecule has 0 aliphatic carbocycles. The number of imidazole rings is 1. The smallest absolute Gasteiger partial charge is 0.177 e. The van der Waals surface area contributed by atoms with E-state index in [0.717, 1.165) is 17.0 Å². The summed E-state index contributed by atoms with van der Waals surface area (Å²) in [4.78, 5) is 8.66. The molecular formula is C10H14N4. The minimum Gasteiger partial charge on any atom is -0.330 e. The molecule has 2 heterocycles. The molecule has 0 radical (unpaired) electrons. The second-order valence-electron chi connectivity index (χ2n) is 3.51. The summed E-state index contributed by atoms with van der Waals surface area (Å²) in [5.41, 5.74) is 7.48. The molecule has 2 rings (SSSR count). The van der Waals surface area contributed by atoms with Crippen LogP contribution < -0.4 is 5.73 Å². The van der Waals surface area contributed by atoms with Gasteiger partial charge in [-0.2, -0.15) is 0 Å². The van der Waals surface area contributed by atoms with Gasteiger partial charge in [-0.3, -0.25) is 0 Å². The third-order valence-electron chi connectivity index (χ3n) is 2.49. The Balaban J connectivity index is 2.62. The molecule has 2 aromatic rings. The number of hydrogen-bond acceptors (Lipinski definition) is 3. The van der Waals surface area contributed by atoms with Gasteiger partial charge in [0.1, 0.15) is 5.82 Å². The van der Waals surface area contributed by atoms with Crippen molar-refractivity contribution in [1.29, 1.82) is 0 Å². The molecule has 4 heteroatoms. The van der Waals surface area contributed by atoms with Gasteiger partial charge in [0.05, 0.1) is 5.52 Å².